The third kappa shape index (κ3) is 7.78. The van der Waals surface area contributed by atoms with Crippen molar-refractivity contribution in [1.82, 2.24) is 26.1 Å². The first kappa shape index (κ1) is 33.0. The van der Waals surface area contributed by atoms with Gasteiger partial charge in [0.25, 0.3) is 5.91 Å². The van der Waals surface area contributed by atoms with Crippen molar-refractivity contribution in [3.8, 4) is 0 Å². The summed E-state index contributed by atoms with van der Waals surface area (Å²) < 4.78 is 10.5. The van der Waals surface area contributed by atoms with Crippen molar-refractivity contribution in [1.29, 1.82) is 0 Å². The number of carboxylic acids is 1. The third-order valence-electron chi connectivity index (χ3n) is 7.84. The highest BCUT2D eigenvalue weighted by molar-refractivity contribution is 5.90. The number of hydrazine groups is 1. The number of ether oxygens (including phenoxy) is 2. The summed E-state index contributed by atoms with van der Waals surface area (Å²) >= 11 is 0. The zero-order valence-corrected chi connectivity index (χ0v) is 25.4. The summed E-state index contributed by atoms with van der Waals surface area (Å²) in [6.07, 6.45) is 3.18. The van der Waals surface area contributed by atoms with Crippen LogP contribution in [0.4, 0.5) is 0 Å². The predicted molar refractivity (Wildman–Crippen MR) is 160 cm³/mol. The summed E-state index contributed by atoms with van der Waals surface area (Å²) in [6.45, 7) is 7.25. The number of aliphatic carboxylic acids is 1. The Hall–Kier alpha value is -3.91. The molecular weight excluding hydrogens is 570 g/mol. The number of benzene rings is 1. The first-order chi connectivity index (χ1) is 20.9. The van der Waals surface area contributed by atoms with Crippen LogP contribution in [0.3, 0.4) is 0 Å². The maximum atomic E-state index is 13.2. The van der Waals surface area contributed by atoms with Crippen LogP contribution in [0, 0.1) is 11.3 Å². The number of hydrogen-bond acceptors (Lipinski definition) is 9. The van der Waals surface area contributed by atoms with Gasteiger partial charge in [0.1, 0.15) is 30.4 Å². The van der Waals surface area contributed by atoms with E-state index in [9.17, 15) is 29.4 Å². The molecule has 238 valence electrons. The molecule has 3 amide bonds. The summed E-state index contributed by atoms with van der Waals surface area (Å²) in [4.78, 5) is 55.0. The Labute approximate surface area is 256 Å². The maximum absolute atomic E-state index is 13.2. The Bertz CT molecular complexity index is 1410. The van der Waals surface area contributed by atoms with Crippen LogP contribution >= 0.6 is 0 Å². The van der Waals surface area contributed by atoms with Crippen molar-refractivity contribution in [3.63, 3.8) is 0 Å². The van der Waals surface area contributed by atoms with Gasteiger partial charge < -0.3 is 30.3 Å². The fourth-order valence-corrected chi connectivity index (χ4v) is 5.01. The second-order valence-corrected chi connectivity index (χ2v) is 11.8. The van der Waals surface area contributed by atoms with E-state index in [2.05, 4.69) is 16.1 Å². The SMILES string of the molecule is CC(NC(=O)C(O)C(C)C)C(=O)N1CCCC(C(=O)NC(C)c2ccc3ccc(C=CC4(C(=O)O)COCOC4)cc3n2)N1. The van der Waals surface area contributed by atoms with Crippen LogP contribution in [0.5, 0.6) is 0 Å². The van der Waals surface area contributed by atoms with E-state index in [-0.39, 0.29) is 31.8 Å². The van der Waals surface area contributed by atoms with Crippen LogP contribution in [0.1, 0.15) is 57.8 Å². The Kier molecular flexibility index (Phi) is 10.7. The molecule has 2 aliphatic rings. The number of aliphatic hydroxyl groups is 1. The van der Waals surface area contributed by atoms with E-state index in [1.54, 1.807) is 26.0 Å². The van der Waals surface area contributed by atoms with Gasteiger partial charge in [-0.2, -0.15) is 0 Å². The number of amides is 3. The molecule has 3 heterocycles. The molecule has 1 aromatic carbocycles. The van der Waals surface area contributed by atoms with Gasteiger partial charge in [-0.1, -0.05) is 44.2 Å². The van der Waals surface area contributed by atoms with Crippen molar-refractivity contribution < 1.29 is 38.9 Å². The highest BCUT2D eigenvalue weighted by Crippen LogP contribution is 2.27. The van der Waals surface area contributed by atoms with Crippen LogP contribution in [0.25, 0.3) is 17.0 Å². The number of nitrogens with zero attached hydrogens (tertiary/aromatic N) is 2. The molecule has 4 rings (SSSR count). The van der Waals surface area contributed by atoms with E-state index in [0.717, 1.165) is 10.9 Å². The fourth-order valence-electron chi connectivity index (χ4n) is 5.01. The van der Waals surface area contributed by atoms with Crippen molar-refractivity contribution >= 4 is 40.7 Å². The molecule has 0 saturated carbocycles. The number of carboxylic acid groups (broad SMARTS) is 1. The van der Waals surface area contributed by atoms with Gasteiger partial charge in [-0.3, -0.25) is 29.2 Å². The van der Waals surface area contributed by atoms with Gasteiger partial charge in [0.2, 0.25) is 11.8 Å². The number of carbonyl (C=O) groups is 4. The molecule has 2 fully saturated rings. The lowest BCUT2D eigenvalue weighted by Gasteiger charge is -2.35. The minimum Gasteiger partial charge on any atom is -0.480 e. The van der Waals surface area contributed by atoms with Crippen LogP contribution < -0.4 is 16.1 Å². The van der Waals surface area contributed by atoms with Crippen molar-refractivity contribution in [2.45, 2.75) is 64.8 Å². The Morgan fingerprint density at radius 1 is 1.09 bits per heavy atom. The van der Waals surface area contributed by atoms with Crippen LogP contribution in [-0.4, -0.2) is 88.6 Å². The number of nitrogens with one attached hydrogen (secondary N) is 3. The Morgan fingerprint density at radius 2 is 1.80 bits per heavy atom. The van der Waals surface area contributed by atoms with E-state index in [1.807, 2.05) is 37.3 Å². The van der Waals surface area contributed by atoms with E-state index in [0.29, 0.717) is 30.6 Å². The van der Waals surface area contributed by atoms with Gasteiger partial charge in [-0.15, -0.1) is 0 Å². The molecule has 13 nitrogen and oxygen atoms in total. The van der Waals surface area contributed by atoms with E-state index >= 15 is 0 Å². The molecule has 2 aromatic rings. The van der Waals surface area contributed by atoms with E-state index in [1.165, 1.54) is 11.9 Å². The molecule has 2 aliphatic heterocycles. The molecule has 13 heteroatoms. The Morgan fingerprint density at radius 3 is 2.48 bits per heavy atom. The molecule has 44 heavy (non-hydrogen) atoms. The van der Waals surface area contributed by atoms with Gasteiger partial charge in [-0.05, 0) is 50.3 Å². The number of pyridine rings is 1. The number of fused-ring (bicyclic) bond motifs is 1. The number of rotatable bonds is 10. The molecular formula is C31H41N5O8. The average molecular weight is 612 g/mol. The summed E-state index contributed by atoms with van der Waals surface area (Å²) in [7, 11) is 0. The predicted octanol–water partition coefficient (Wildman–Crippen LogP) is 1.52. The topological polar surface area (TPSA) is 179 Å². The van der Waals surface area contributed by atoms with Gasteiger partial charge >= 0.3 is 5.97 Å². The van der Waals surface area contributed by atoms with Crippen molar-refractivity contribution in [3.05, 3.63) is 47.7 Å². The van der Waals surface area contributed by atoms with Crippen molar-refractivity contribution in [2.75, 3.05) is 26.6 Å². The monoisotopic (exact) mass is 611 g/mol. The summed E-state index contributed by atoms with van der Waals surface area (Å²) in [5.41, 5.74) is 3.77. The molecule has 1 aromatic heterocycles. The molecule has 0 bridgehead atoms. The van der Waals surface area contributed by atoms with Crippen LogP contribution in [0.2, 0.25) is 0 Å². The fraction of sp³-hybridized carbons (Fsp3) is 0.516. The number of hydrogen-bond donors (Lipinski definition) is 5. The van der Waals surface area contributed by atoms with E-state index < -0.39 is 47.4 Å². The number of aromatic nitrogens is 1. The zero-order chi connectivity index (χ0) is 32.0. The summed E-state index contributed by atoms with van der Waals surface area (Å²) in [5, 5.41) is 27.4. The first-order valence-corrected chi connectivity index (χ1v) is 14.8. The molecule has 4 unspecified atom stereocenters. The molecule has 0 aliphatic carbocycles. The maximum Gasteiger partial charge on any atom is 0.318 e. The van der Waals surface area contributed by atoms with Gasteiger partial charge in [-0.25, -0.2) is 5.43 Å². The molecule has 5 N–H and O–H groups in total. The van der Waals surface area contributed by atoms with Crippen LogP contribution in [-0.2, 0) is 28.7 Å². The van der Waals surface area contributed by atoms with Gasteiger partial charge in [0, 0.05) is 11.9 Å². The number of aliphatic hydroxyl groups excluding tert-OH is 1. The lowest BCUT2D eigenvalue weighted by atomic mass is 9.88. The minimum atomic E-state index is -1.27. The minimum absolute atomic E-state index is 0.0197. The summed E-state index contributed by atoms with van der Waals surface area (Å²) in [5.74, 6) is -2.64. The highest BCUT2D eigenvalue weighted by atomic mass is 16.7. The van der Waals surface area contributed by atoms with Gasteiger partial charge in [0.15, 0.2) is 0 Å². The molecule has 4 atom stereocenters. The Balaban J connectivity index is 1.39. The number of carbonyl (C=O) groups excluding carboxylic acids is 3. The third-order valence-corrected chi connectivity index (χ3v) is 7.84. The first-order valence-electron chi connectivity index (χ1n) is 14.8. The molecule has 2 saturated heterocycles. The van der Waals surface area contributed by atoms with Crippen molar-refractivity contribution in [2.24, 2.45) is 11.3 Å². The molecule has 0 radical (unpaired) electrons. The normalized spacial score (nSPS) is 20.7. The standard InChI is InChI=1S/C31H41N5O8/c1-18(2)26(37)28(39)33-20(4)29(40)36-13-5-6-24(35-36)27(38)32-19(3)23-10-9-22-8-7-21(14-25(22)34-23)11-12-31(30(41)42)15-43-17-44-16-31/h7-12,14,18-20,24,26,35,37H,5-6,13,15-17H2,1-4H3,(H,32,38)(H,33,39)(H,41,42). The zero-order valence-electron chi connectivity index (χ0n) is 25.4. The lowest BCUT2D eigenvalue weighted by molar-refractivity contribution is -0.180. The summed E-state index contributed by atoms with van der Waals surface area (Å²) in [6, 6.07) is 7.35. The largest absolute Gasteiger partial charge is 0.480 e. The van der Waals surface area contributed by atoms with Gasteiger partial charge in [0.05, 0.1) is 30.5 Å². The van der Waals surface area contributed by atoms with Crippen LogP contribution in [0.15, 0.2) is 36.4 Å². The quantitative estimate of drug-likeness (QED) is 0.264. The van der Waals surface area contributed by atoms with E-state index in [4.69, 9.17) is 14.5 Å². The average Bonchev–Trinajstić information content (AvgIpc) is 3.02. The second kappa shape index (κ2) is 14.2. The molecule has 0 spiro atoms. The smallest absolute Gasteiger partial charge is 0.318 e. The highest BCUT2D eigenvalue weighted by Gasteiger charge is 2.39. The lowest BCUT2D eigenvalue weighted by Crippen LogP contribution is -2.61. The second-order valence-electron chi connectivity index (χ2n) is 11.8.